The summed E-state index contributed by atoms with van der Waals surface area (Å²) in [5.74, 6) is -0.501. The zero-order valence-corrected chi connectivity index (χ0v) is 73.7. The van der Waals surface area contributed by atoms with Gasteiger partial charge in [0.1, 0.15) is 19.3 Å². The molecule has 109 heavy (non-hydrogen) atoms. The van der Waals surface area contributed by atoms with Gasteiger partial charge >= 0.3 is 39.5 Å². The number of unbranched alkanes of at least 4 members (excludes halogenated alkanes) is 58. The number of phosphoric acid groups is 2. The number of ether oxygens (including phenoxy) is 4. The third-order valence-electron chi connectivity index (χ3n) is 21.6. The summed E-state index contributed by atoms with van der Waals surface area (Å²) in [4.78, 5) is 73.3. The molecule has 0 radical (unpaired) electrons. The van der Waals surface area contributed by atoms with E-state index in [-0.39, 0.29) is 25.7 Å². The van der Waals surface area contributed by atoms with Crippen molar-refractivity contribution in [3.63, 3.8) is 0 Å². The van der Waals surface area contributed by atoms with Crippen LogP contribution in [-0.2, 0) is 65.4 Å². The third kappa shape index (κ3) is 82.4. The molecule has 17 nitrogen and oxygen atoms in total. The number of aliphatic hydroxyl groups is 1. The monoisotopic (exact) mass is 1590 g/mol. The van der Waals surface area contributed by atoms with Gasteiger partial charge in [-0.15, -0.1) is 0 Å². The summed E-state index contributed by atoms with van der Waals surface area (Å²) in [6.45, 7) is 9.73. The van der Waals surface area contributed by atoms with Crippen LogP contribution in [-0.4, -0.2) is 96.7 Å². The van der Waals surface area contributed by atoms with Crippen molar-refractivity contribution in [3.8, 4) is 0 Å². The molecule has 3 unspecified atom stereocenters. The maximum absolute atomic E-state index is 13.2. The highest BCUT2D eigenvalue weighted by atomic mass is 31.2. The summed E-state index contributed by atoms with van der Waals surface area (Å²) >= 11 is 0. The van der Waals surface area contributed by atoms with Crippen LogP contribution < -0.4 is 0 Å². The van der Waals surface area contributed by atoms with Gasteiger partial charge < -0.3 is 33.8 Å². The van der Waals surface area contributed by atoms with Crippen LogP contribution in [0.2, 0.25) is 0 Å². The molecule has 0 fully saturated rings. The summed E-state index contributed by atoms with van der Waals surface area (Å²) in [5.41, 5.74) is 0. The van der Waals surface area contributed by atoms with Gasteiger partial charge in [-0.1, -0.05) is 433 Å². The fraction of sp³-hybridized carbons (Fsp3) is 0.956. The maximum atomic E-state index is 13.2. The SMILES string of the molecule is CCCCCCCCCCCCCCCCCCCCCCCC(=O)OC[C@H](COP(=O)(O)OC[C@@H](O)COP(=O)(O)OC[C@@H](COC(=O)CCCCCCCCCCC(C)C)OC(=O)CCCCCCCCCCCCCCCCC)OC(=O)CCCCCCCCCCCCCCCCCCCCC(C)CC. The van der Waals surface area contributed by atoms with Crippen LogP contribution in [0.5, 0.6) is 0 Å². The Balaban J connectivity index is 5.22. The molecule has 0 saturated heterocycles. The Kier molecular flexibility index (Phi) is 79.8. The molecule has 19 heteroatoms. The van der Waals surface area contributed by atoms with Crippen LogP contribution in [0.15, 0.2) is 0 Å². The van der Waals surface area contributed by atoms with E-state index in [4.69, 9.17) is 37.0 Å². The first-order valence-electron chi connectivity index (χ1n) is 46.5. The van der Waals surface area contributed by atoms with E-state index in [2.05, 4.69) is 41.5 Å². The number of carbonyl (C=O) groups excluding carboxylic acids is 4. The van der Waals surface area contributed by atoms with Crippen LogP contribution in [0.4, 0.5) is 0 Å². The molecule has 0 aliphatic carbocycles. The first-order valence-corrected chi connectivity index (χ1v) is 49.5. The van der Waals surface area contributed by atoms with E-state index in [1.807, 2.05) is 0 Å². The second-order valence-electron chi connectivity index (χ2n) is 33.1. The van der Waals surface area contributed by atoms with Crippen LogP contribution >= 0.6 is 15.6 Å². The smallest absolute Gasteiger partial charge is 0.462 e. The molecule has 0 saturated carbocycles. The Morgan fingerprint density at radius 3 is 0.697 bits per heavy atom. The molecule has 0 aliphatic rings. The van der Waals surface area contributed by atoms with Gasteiger partial charge in [-0.2, -0.15) is 0 Å². The topological polar surface area (TPSA) is 237 Å². The Bertz CT molecular complexity index is 2080. The fourth-order valence-electron chi connectivity index (χ4n) is 14.1. The van der Waals surface area contributed by atoms with E-state index in [1.54, 1.807) is 0 Å². The first-order chi connectivity index (χ1) is 52.9. The number of hydrogen-bond acceptors (Lipinski definition) is 15. The second-order valence-corrected chi connectivity index (χ2v) is 36.0. The lowest BCUT2D eigenvalue weighted by Crippen LogP contribution is -2.30. The average molecular weight is 1590 g/mol. The number of carbonyl (C=O) groups is 4. The normalized spacial score (nSPS) is 14.0. The molecule has 0 aromatic carbocycles. The van der Waals surface area contributed by atoms with E-state index < -0.39 is 97.5 Å². The van der Waals surface area contributed by atoms with E-state index in [0.29, 0.717) is 25.7 Å². The molecule has 0 bridgehead atoms. The van der Waals surface area contributed by atoms with Gasteiger partial charge in [-0.05, 0) is 37.5 Å². The fourth-order valence-corrected chi connectivity index (χ4v) is 15.7. The summed E-state index contributed by atoms with van der Waals surface area (Å²) in [6.07, 6.45) is 75.1. The van der Waals surface area contributed by atoms with E-state index in [9.17, 15) is 43.2 Å². The second kappa shape index (κ2) is 81.2. The minimum Gasteiger partial charge on any atom is -0.462 e. The first kappa shape index (κ1) is 107. The number of rotatable bonds is 89. The van der Waals surface area contributed by atoms with Gasteiger partial charge in [0.25, 0.3) is 0 Å². The Morgan fingerprint density at radius 2 is 0.468 bits per heavy atom. The van der Waals surface area contributed by atoms with Crippen molar-refractivity contribution in [1.29, 1.82) is 0 Å². The zero-order valence-electron chi connectivity index (χ0n) is 71.9. The zero-order chi connectivity index (χ0) is 79.9. The van der Waals surface area contributed by atoms with E-state index in [0.717, 1.165) is 102 Å². The van der Waals surface area contributed by atoms with Gasteiger partial charge in [-0.25, -0.2) is 9.13 Å². The molecule has 0 heterocycles. The van der Waals surface area contributed by atoms with Gasteiger partial charge in [0.15, 0.2) is 12.2 Å². The molecule has 0 aliphatic heterocycles. The number of esters is 4. The lowest BCUT2D eigenvalue weighted by atomic mass is 9.99. The minimum atomic E-state index is -4.97. The van der Waals surface area contributed by atoms with Crippen LogP contribution in [0, 0.1) is 11.8 Å². The third-order valence-corrected chi connectivity index (χ3v) is 23.5. The molecular formula is C90H176O17P2. The van der Waals surface area contributed by atoms with Crippen molar-refractivity contribution < 1.29 is 80.2 Å². The van der Waals surface area contributed by atoms with E-state index in [1.165, 1.54) is 302 Å². The van der Waals surface area contributed by atoms with Crippen LogP contribution in [0.25, 0.3) is 0 Å². The Morgan fingerprint density at radius 1 is 0.266 bits per heavy atom. The molecule has 0 aromatic rings. The van der Waals surface area contributed by atoms with Crippen molar-refractivity contribution in [2.24, 2.45) is 11.8 Å². The molecule has 0 spiro atoms. The van der Waals surface area contributed by atoms with Crippen molar-refractivity contribution in [3.05, 3.63) is 0 Å². The van der Waals surface area contributed by atoms with Gasteiger partial charge in [0, 0.05) is 25.7 Å². The van der Waals surface area contributed by atoms with Crippen molar-refractivity contribution >= 4 is 39.5 Å². The number of phosphoric ester groups is 2. The van der Waals surface area contributed by atoms with Gasteiger partial charge in [-0.3, -0.25) is 37.3 Å². The van der Waals surface area contributed by atoms with Crippen molar-refractivity contribution in [2.75, 3.05) is 39.6 Å². The highest BCUT2D eigenvalue weighted by Crippen LogP contribution is 2.45. The molecule has 0 amide bonds. The number of hydrogen-bond donors (Lipinski definition) is 3. The van der Waals surface area contributed by atoms with E-state index >= 15 is 0 Å². The largest absolute Gasteiger partial charge is 0.472 e. The maximum Gasteiger partial charge on any atom is 0.472 e. The average Bonchev–Trinajstić information content (AvgIpc) is 0.896. The summed E-state index contributed by atoms with van der Waals surface area (Å²) in [7, 11) is -9.93. The van der Waals surface area contributed by atoms with Crippen molar-refractivity contribution in [1.82, 2.24) is 0 Å². The minimum absolute atomic E-state index is 0.108. The van der Waals surface area contributed by atoms with Crippen molar-refractivity contribution in [2.45, 2.75) is 503 Å². The number of aliphatic hydroxyl groups excluding tert-OH is 1. The highest BCUT2D eigenvalue weighted by molar-refractivity contribution is 7.47. The highest BCUT2D eigenvalue weighted by Gasteiger charge is 2.31. The van der Waals surface area contributed by atoms with Gasteiger partial charge in [0.05, 0.1) is 26.4 Å². The van der Waals surface area contributed by atoms with Crippen LogP contribution in [0.3, 0.4) is 0 Å². The quantitative estimate of drug-likeness (QED) is 0.0222. The molecule has 0 aromatic heterocycles. The molecular weight excluding hydrogens is 1410 g/mol. The summed E-state index contributed by atoms with van der Waals surface area (Å²) < 4.78 is 69.0. The van der Waals surface area contributed by atoms with Crippen LogP contribution in [0.1, 0.15) is 485 Å². The Labute approximate surface area is 670 Å². The standard InChI is InChI=1S/C90H176O17P2/c1-7-10-12-14-16-18-20-22-24-25-26-27-28-32-36-39-43-47-54-60-66-72-87(92)100-78-85(106-89(94)75-69-63-57-49-45-41-37-33-30-29-31-35-38-42-46-53-59-65-71-83(6)9-3)80-104-108(96,97)102-76-84(91)77-103-109(98,99)105-81-86(79-101-88(93)73-67-61-55-51-50-52-58-64-70-82(4)5)107-90(95)74-68-62-56-48-44-40-34-23-21-19-17-15-13-11-8-2/h82-86,91H,7-81H2,1-6H3,(H,96,97)(H,98,99)/t83?,84-,85-,86-/m1/s1. The molecule has 0 rings (SSSR count). The lowest BCUT2D eigenvalue weighted by molar-refractivity contribution is -0.161. The summed E-state index contributed by atoms with van der Waals surface area (Å²) in [5, 5.41) is 10.7. The van der Waals surface area contributed by atoms with Gasteiger partial charge in [0.2, 0.25) is 0 Å². The molecule has 3 N–H and O–H groups in total. The molecule has 648 valence electrons. The predicted molar refractivity (Wildman–Crippen MR) is 451 cm³/mol. The summed E-state index contributed by atoms with van der Waals surface area (Å²) in [6, 6.07) is 0. The predicted octanol–water partition coefficient (Wildman–Crippen LogP) is 27.8. The Hall–Kier alpha value is -1.94. The lowest BCUT2D eigenvalue weighted by Gasteiger charge is -2.21. The molecule has 6 atom stereocenters.